The molecule has 220 valence electrons. The third kappa shape index (κ3) is 8.84. The molecule has 1 atom stereocenters. The van der Waals surface area contributed by atoms with Crippen molar-refractivity contribution >= 4 is 32.8 Å². The molecule has 0 bridgehead atoms. The molecule has 0 unspecified atom stereocenters. The second-order valence-corrected chi connectivity index (χ2v) is 13.4. The molecule has 0 aromatic heterocycles. The highest BCUT2D eigenvalue weighted by molar-refractivity contribution is 7.88. The van der Waals surface area contributed by atoms with Crippen LogP contribution in [0.1, 0.15) is 30.5 Å². The SMILES string of the molecule is CN(C[C@H](O)CNC(C)(C)Cc1ccc2ccccc2c1)S(=O)(=O)Cc1ccc(-c2ccc(/C=C/C(=O)O)cc2)cc1. The molecule has 0 amide bonds. The number of carboxylic acid groups (broad SMARTS) is 1. The second kappa shape index (κ2) is 13.4. The van der Waals surface area contributed by atoms with Crippen LogP contribution in [0, 0.1) is 0 Å². The lowest BCUT2D eigenvalue weighted by Crippen LogP contribution is -2.47. The van der Waals surface area contributed by atoms with E-state index >= 15 is 0 Å². The molecule has 4 aromatic rings. The van der Waals surface area contributed by atoms with Crippen molar-refractivity contribution in [3.05, 3.63) is 114 Å². The molecule has 0 spiro atoms. The average molecular weight is 587 g/mol. The van der Waals surface area contributed by atoms with Gasteiger partial charge in [0.15, 0.2) is 0 Å². The fraction of sp³-hybridized carbons (Fsp3) is 0.265. The van der Waals surface area contributed by atoms with Crippen LogP contribution >= 0.6 is 0 Å². The van der Waals surface area contributed by atoms with Crippen LogP contribution in [0.3, 0.4) is 0 Å². The summed E-state index contributed by atoms with van der Waals surface area (Å²) in [4.78, 5) is 10.7. The number of β-amino-alcohol motifs (C(OH)–C–C–N with tert-alkyl or cyclic N) is 1. The van der Waals surface area contributed by atoms with Gasteiger partial charge in [0.2, 0.25) is 10.0 Å². The number of nitrogens with zero attached hydrogens (tertiary/aromatic N) is 1. The Labute approximate surface area is 248 Å². The molecular weight excluding hydrogens is 548 g/mol. The van der Waals surface area contributed by atoms with Gasteiger partial charge in [-0.1, -0.05) is 91.0 Å². The maximum absolute atomic E-state index is 13.0. The lowest BCUT2D eigenvalue weighted by Gasteiger charge is -2.29. The summed E-state index contributed by atoms with van der Waals surface area (Å²) in [6.45, 7) is 4.40. The maximum Gasteiger partial charge on any atom is 0.328 e. The molecule has 4 aromatic carbocycles. The number of likely N-dealkylation sites (N-methyl/N-ethyl adjacent to an activating group) is 1. The molecule has 4 rings (SSSR count). The second-order valence-electron chi connectivity index (χ2n) is 11.3. The molecule has 0 heterocycles. The van der Waals surface area contributed by atoms with Gasteiger partial charge in [-0.2, -0.15) is 0 Å². The van der Waals surface area contributed by atoms with E-state index in [9.17, 15) is 18.3 Å². The van der Waals surface area contributed by atoms with Gasteiger partial charge in [0.1, 0.15) is 0 Å². The minimum Gasteiger partial charge on any atom is -0.478 e. The first-order valence-electron chi connectivity index (χ1n) is 13.9. The summed E-state index contributed by atoms with van der Waals surface area (Å²) in [5, 5.41) is 25.2. The Balaban J connectivity index is 1.28. The number of rotatable bonds is 13. The number of aliphatic hydroxyl groups is 1. The Morgan fingerprint density at radius 1 is 0.905 bits per heavy atom. The molecule has 0 aliphatic rings. The van der Waals surface area contributed by atoms with E-state index in [-0.39, 0.29) is 24.4 Å². The van der Waals surface area contributed by atoms with E-state index in [1.54, 1.807) is 12.1 Å². The quantitative estimate of drug-likeness (QED) is 0.183. The van der Waals surface area contributed by atoms with Crippen molar-refractivity contribution in [2.75, 3.05) is 20.1 Å². The highest BCUT2D eigenvalue weighted by Gasteiger charge is 2.24. The molecule has 0 radical (unpaired) electrons. The lowest BCUT2D eigenvalue weighted by molar-refractivity contribution is -0.131. The number of hydrogen-bond donors (Lipinski definition) is 3. The van der Waals surface area contributed by atoms with Gasteiger partial charge in [-0.05, 0) is 64.9 Å². The number of carboxylic acids is 1. The fourth-order valence-corrected chi connectivity index (χ4v) is 6.09. The summed E-state index contributed by atoms with van der Waals surface area (Å²) >= 11 is 0. The van der Waals surface area contributed by atoms with Crippen LogP contribution in [0.5, 0.6) is 0 Å². The molecule has 42 heavy (non-hydrogen) atoms. The molecule has 0 aliphatic carbocycles. The molecule has 7 nitrogen and oxygen atoms in total. The number of hydrogen-bond acceptors (Lipinski definition) is 5. The highest BCUT2D eigenvalue weighted by Crippen LogP contribution is 2.23. The molecular formula is C34H38N2O5S. The first kappa shape index (κ1) is 31.1. The van der Waals surface area contributed by atoms with E-state index in [0.29, 0.717) is 5.56 Å². The van der Waals surface area contributed by atoms with Gasteiger partial charge in [0, 0.05) is 31.8 Å². The van der Waals surface area contributed by atoms with E-state index in [4.69, 9.17) is 5.11 Å². The van der Waals surface area contributed by atoms with Gasteiger partial charge in [-0.3, -0.25) is 0 Å². The Morgan fingerprint density at radius 2 is 1.50 bits per heavy atom. The average Bonchev–Trinajstić information content (AvgIpc) is 2.95. The highest BCUT2D eigenvalue weighted by atomic mass is 32.2. The maximum atomic E-state index is 13.0. The van der Waals surface area contributed by atoms with E-state index in [1.807, 2.05) is 48.5 Å². The molecule has 3 N–H and O–H groups in total. The van der Waals surface area contributed by atoms with Crippen molar-refractivity contribution in [3.8, 4) is 11.1 Å². The normalized spacial score (nSPS) is 13.2. The van der Waals surface area contributed by atoms with Crippen LogP contribution < -0.4 is 5.32 Å². The van der Waals surface area contributed by atoms with E-state index in [0.717, 1.165) is 29.2 Å². The molecule has 0 aliphatic heterocycles. The van der Waals surface area contributed by atoms with Gasteiger partial charge in [-0.15, -0.1) is 0 Å². The summed E-state index contributed by atoms with van der Waals surface area (Å²) in [5.41, 5.74) is 4.18. The molecule has 8 heteroatoms. The van der Waals surface area contributed by atoms with Crippen LogP contribution in [0.4, 0.5) is 0 Å². The first-order valence-corrected chi connectivity index (χ1v) is 15.5. The zero-order chi connectivity index (χ0) is 30.3. The minimum absolute atomic E-state index is 0.0118. The number of nitrogens with one attached hydrogen (secondary N) is 1. The Kier molecular flexibility index (Phi) is 9.96. The number of sulfonamides is 1. The number of carbonyl (C=O) groups is 1. The third-order valence-corrected chi connectivity index (χ3v) is 8.98. The predicted octanol–water partition coefficient (Wildman–Crippen LogP) is 5.34. The summed E-state index contributed by atoms with van der Waals surface area (Å²) in [5.74, 6) is -1.17. The Bertz CT molecular complexity index is 1650. The van der Waals surface area contributed by atoms with Gasteiger partial charge >= 0.3 is 5.97 Å². The predicted molar refractivity (Wildman–Crippen MR) is 170 cm³/mol. The lowest BCUT2D eigenvalue weighted by atomic mass is 9.93. The van der Waals surface area contributed by atoms with Crippen molar-refractivity contribution in [2.45, 2.75) is 37.7 Å². The number of aliphatic hydroxyl groups excluding tert-OH is 1. The van der Waals surface area contributed by atoms with Crippen LogP contribution in [0.2, 0.25) is 0 Å². The van der Waals surface area contributed by atoms with Gasteiger partial charge < -0.3 is 15.5 Å². The van der Waals surface area contributed by atoms with Gasteiger partial charge in [0.05, 0.1) is 11.9 Å². The summed E-state index contributed by atoms with van der Waals surface area (Å²) < 4.78 is 27.3. The van der Waals surface area contributed by atoms with E-state index in [2.05, 4.69) is 49.5 Å². The van der Waals surface area contributed by atoms with E-state index in [1.165, 1.54) is 33.8 Å². The van der Waals surface area contributed by atoms with Crippen LogP contribution in [-0.4, -0.2) is 60.7 Å². The Hall–Kier alpha value is -3.82. The van der Waals surface area contributed by atoms with Crippen molar-refractivity contribution in [1.82, 2.24) is 9.62 Å². The minimum atomic E-state index is -3.64. The topological polar surface area (TPSA) is 107 Å². The monoisotopic (exact) mass is 586 g/mol. The third-order valence-electron chi connectivity index (χ3n) is 7.18. The summed E-state index contributed by atoms with van der Waals surface area (Å²) in [6, 6.07) is 29.4. The van der Waals surface area contributed by atoms with Crippen LogP contribution in [-0.2, 0) is 27.0 Å². The number of fused-ring (bicyclic) bond motifs is 1. The summed E-state index contributed by atoms with van der Waals surface area (Å²) in [7, 11) is -2.14. The van der Waals surface area contributed by atoms with Crippen molar-refractivity contribution < 1.29 is 23.4 Å². The smallest absolute Gasteiger partial charge is 0.328 e. The summed E-state index contributed by atoms with van der Waals surface area (Å²) in [6.07, 6.45) is 2.51. The Morgan fingerprint density at radius 3 is 2.14 bits per heavy atom. The fourth-order valence-electron chi connectivity index (χ4n) is 4.86. The first-order chi connectivity index (χ1) is 19.9. The zero-order valence-electron chi connectivity index (χ0n) is 24.2. The van der Waals surface area contributed by atoms with Crippen molar-refractivity contribution in [2.24, 2.45) is 0 Å². The standard InChI is InChI=1S/C34H38N2O5S/c1-34(2,21-27-12-18-28-6-4-5-7-31(28)20-27)35-22-32(37)23-36(3)42(40,41)24-26-10-16-30(17-11-26)29-14-8-25(9-15-29)13-19-33(38)39/h4-20,32,35,37H,21-24H2,1-3H3,(H,38,39)/b19-13+/t32-/m1/s1. The largest absolute Gasteiger partial charge is 0.478 e. The molecule has 0 saturated carbocycles. The van der Waals surface area contributed by atoms with Gasteiger partial charge in [0.25, 0.3) is 0 Å². The van der Waals surface area contributed by atoms with Crippen LogP contribution in [0.15, 0.2) is 97.1 Å². The van der Waals surface area contributed by atoms with E-state index < -0.39 is 22.1 Å². The van der Waals surface area contributed by atoms with Crippen molar-refractivity contribution in [1.29, 1.82) is 0 Å². The molecule has 0 saturated heterocycles. The van der Waals surface area contributed by atoms with Crippen LogP contribution in [0.25, 0.3) is 28.0 Å². The van der Waals surface area contributed by atoms with Crippen molar-refractivity contribution in [3.63, 3.8) is 0 Å². The molecule has 0 fully saturated rings. The zero-order valence-corrected chi connectivity index (χ0v) is 25.0. The number of benzene rings is 4. The number of aliphatic carboxylic acids is 1. The van der Waals surface area contributed by atoms with Gasteiger partial charge in [-0.25, -0.2) is 17.5 Å².